The smallest absolute Gasteiger partial charge is 0.326 e. The van der Waals surface area contributed by atoms with Crippen molar-refractivity contribution in [2.24, 2.45) is 0 Å². The lowest BCUT2D eigenvalue weighted by Gasteiger charge is -2.23. The predicted molar refractivity (Wildman–Crippen MR) is 95.3 cm³/mol. The highest BCUT2D eigenvalue weighted by atomic mass is 35.5. The average molecular weight is 401 g/mol. The first-order chi connectivity index (χ1) is 11.9. The Morgan fingerprint density at radius 3 is 2.00 bits per heavy atom. The number of fused-ring (bicyclic) bond motifs is 1. The molecule has 9 heteroatoms. The molecule has 1 N–H and O–H groups in total. The van der Waals surface area contributed by atoms with E-state index in [0.29, 0.717) is 0 Å². The van der Waals surface area contributed by atoms with Gasteiger partial charge >= 0.3 is 5.97 Å². The van der Waals surface area contributed by atoms with Crippen molar-refractivity contribution in [3.05, 3.63) is 33.3 Å². The second-order valence-corrected chi connectivity index (χ2v) is 7.69. The number of nitrogens with zero attached hydrogens (tertiary/aromatic N) is 1. The summed E-state index contributed by atoms with van der Waals surface area (Å²) < 4.78 is 5.01. The topological polar surface area (TPSA) is 92.8 Å². The van der Waals surface area contributed by atoms with Gasteiger partial charge in [0.25, 0.3) is 17.7 Å². The minimum absolute atomic E-state index is 0.0655. The predicted octanol–water partition coefficient (Wildman–Crippen LogP) is 2.44. The average Bonchev–Trinajstić information content (AvgIpc) is 2.71. The first-order valence-electron chi connectivity index (χ1n) is 7.77. The van der Waals surface area contributed by atoms with Crippen LogP contribution in [0.5, 0.6) is 0 Å². The van der Waals surface area contributed by atoms with Crippen molar-refractivity contribution in [3.63, 3.8) is 0 Å². The Kier molecular flexibility index (Phi) is 5.63. The van der Waals surface area contributed by atoms with Gasteiger partial charge in [-0.05, 0) is 39.8 Å². The van der Waals surface area contributed by atoms with Crippen LogP contribution in [0, 0.1) is 0 Å². The van der Waals surface area contributed by atoms with Gasteiger partial charge in [-0.25, -0.2) is 0 Å². The molecule has 0 bridgehead atoms. The molecule has 0 spiro atoms. The van der Waals surface area contributed by atoms with E-state index in [1.165, 1.54) is 19.1 Å². The molecule has 1 aliphatic rings. The van der Waals surface area contributed by atoms with Crippen LogP contribution in [0.15, 0.2) is 12.1 Å². The number of esters is 1. The number of benzene rings is 1. The minimum Gasteiger partial charge on any atom is -0.451 e. The standard InChI is InChI=1S/C17H18Cl2N2O5/c1-8(14(23)20-17(2,3)4)26-13(22)7-21-15(24)9-5-11(18)12(19)6-10(9)16(21)25/h5-6,8H,7H2,1-4H3,(H,20,23)/t8-/m0/s1. The molecule has 26 heavy (non-hydrogen) atoms. The molecule has 3 amide bonds. The summed E-state index contributed by atoms with van der Waals surface area (Å²) in [6.07, 6.45) is -1.07. The van der Waals surface area contributed by atoms with Crippen molar-refractivity contribution in [2.45, 2.75) is 39.3 Å². The number of carbonyl (C=O) groups excluding carboxylic acids is 4. The van der Waals surface area contributed by atoms with Crippen LogP contribution in [0.1, 0.15) is 48.4 Å². The largest absolute Gasteiger partial charge is 0.451 e. The van der Waals surface area contributed by atoms with Crippen molar-refractivity contribution < 1.29 is 23.9 Å². The molecule has 0 saturated heterocycles. The molecule has 1 heterocycles. The van der Waals surface area contributed by atoms with E-state index in [9.17, 15) is 19.2 Å². The zero-order chi connectivity index (χ0) is 19.8. The van der Waals surface area contributed by atoms with E-state index in [4.69, 9.17) is 27.9 Å². The molecule has 2 rings (SSSR count). The molecule has 1 aromatic carbocycles. The molecule has 0 unspecified atom stereocenters. The molecule has 1 atom stereocenters. The van der Waals surface area contributed by atoms with Gasteiger partial charge in [0.15, 0.2) is 6.10 Å². The summed E-state index contributed by atoms with van der Waals surface area (Å²) in [5.41, 5.74) is -0.356. The Hall–Kier alpha value is -2.12. The van der Waals surface area contributed by atoms with Crippen LogP contribution in [0.4, 0.5) is 0 Å². The third kappa shape index (κ3) is 4.34. The van der Waals surface area contributed by atoms with E-state index in [-0.39, 0.29) is 21.2 Å². The van der Waals surface area contributed by atoms with Crippen LogP contribution in [0.25, 0.3) is 0 Å². The highest BCUT2D eigenvalue weighted by Gasteiger charge is 2.38. The van der Waals surface area contributed by atoms with Gasteiger partial charge in [0, 0.05) is 5.54 Å². The summed E-state index contributed by atoms with van der Waals surface area (Å²) in [7, 11) is 0. The Balaban J connectivity index is 2.05. The molecular weight excluding hydrogens is 383 g/mol. The number of ether oxygens (including phenoxy) is 1. The van der Waals surface area contributed by atoms with Gasteiger partial charge < -0.3 is 10.1 Å². The molecule has 7 nitrogen and oxygen atoms in total. The SMILES string of the molecule is C[C@H](OC(=O)CN1C(=O)c2cc(Cl)c(Cl)cc2C1=O)C(=O)NC(C)(C)C. The van der Waals surface area contributed by atoms with E-state index in [2.05, 4.69) is 5.32 Å². The second kappa shape index (κ2) is 7.25. The summed E-state index contributed by atoms with van der Waals surface area (Å²) in [6, 6.07) is 2.56. The van der Waals surface area contributed by atoms with Gasteiger partial charge in [-0.1, -0.05) is 23.2 Å². The monoisotopic (exact) mass is 400 g/mol. The third-order valence-electron chi connectivity index (χ3n) is 3.47. The zero-order valence-corrected chi connectivity index (χ0v) is 16.2. The van der Waals surface area contributed by atoms with Crippen molar-refractivity contribution in [1.82, 2.24) is 10.2 Å². The Morgan fingerprint density at radius 2 is 1.58 bits per heavy atom. The first-order valence-corrected chi connectivity index (χ1v) is 8.53. The lowest BCUT2D eigenvalue weighted by Crippen LogP contribution is -2.47. The normalized spacial score (nSPS) is 14.9. The Morgan fingerprint density at radius 1 is 1.12 bits per heavy atom. The van der Waals surface area contributed by atoms with Crippen LogP contribution in [-0.4, -0.2) is 46.8 Å². The van der Waals surface area contributed by atoms with Crippen LogP contribution in [-0.2, 0) is 14.3 Å². The summed E-state index contributed by atoms with van der Waals surface area (Å²) in [5.74, 6) is -2.71. The number of amides is 3. The molecule has 0 aromatic heterocycles. The second-order valence-electron chi connectivity index (χ2n) is 6.88. The molecule has 1 aliphatic heterocycles. The molecular formula is C17H18Cl2N2O5. The van der Waals surface area contributed by atoms with Crippen molar-refractivity contribution in [3.8, 4) is 0 Å². The van der Waals surface area contributed by atoms with Gasteiger partial charge in [0.2, 0.25) is 0 Å². The number of halogens is 2. The maximum atomic E-state index is 12.3. The maximum Gasteiger partial charge on any atom is 0.326 e. The summed E-state index contributed by atoms with van der Waals surface area (Å²) in [6.45, 7) is 6.15. The van der Waals surface area contributed by atoms with Crippen LogP contribution < -0.4 is 5.32 Å². The quantitative estimate of drug-likeness (QED) is 0.618. The van der Waals surface area contributed by atoms with Gasteiger partial charge in [0.1, 0.15) is 6.54 Å². The number of rotatable bonds is 4. The maximum absolute atomic E-state index is 12.3. The van der Waals surface area contributed by atoms with E-state index in [0.717, 1.165) is 4.90 Å². The van der Waals surface area contributed by atoms with E-state index < -0.39 is 41.9 Å². The zero-order valence-electron chi connectivity index (χ0n) is 14.7. The van der Waals surface area contributed by atoms with Crippen LogP contribution in [0.3, 0.4) is 0 Å². The fourth-order valence-electron chi connectivity index (χ4n) is 2.32. The van der Waals surface area contributed by atoms with Gasteiger partial charge in [-0.3, -0.25) is 24.1 Å². The van der Waals surface area contributed by atoms with Crippen molar-refractivity contribution in [2.75, 3.05) is 6.54 Å². The minimum atomic E-state index is -1.07. The van der Waals surface area contributed by atoms with E-state index in [1.807, 2.05) is 0 Å². The summed E-state index contributed by atoms with van der Waals surface area (Å²) in [5, 5.41) is 2.93. The fraction of sp³-hybridized carbons (Fsp3) is 0.412. The molecule has 0 radical (unpaired) electrons. The molecule has 0 fully saturated rings. The summed E-state index contributed by atoms with van der Waals surface area (Å²) >= 11 is 11.7. The lowest BCUT2D eigenvalue weighted by molar-refractivity contribution is -0.155. The Labute approximate surface area is 160 Å². The number of hydrogen-bond acceptors (Lipinski definition) is 5. The Bertz CT molecular complexity index is 760. The highest BCUT2D eigenvalue weighted by molar-refractivity contribution is 6.43. The van der Waals surface area contributed by atoms with Crippen LogP contribution in [0.2, 0.25) is 10.0 Å². The number of imide groups is 1. The fourth-order valence-corrected chi connectivity index (χ4v) is 2.64. The lowest BCUT2D eigenvalue weighted by atomic mass is 10.1. The number of nitrogens with one attached hydrogen (secondary N) is 1. The van der Waals surface area contributed by atoms with Gasteiger partial charge in [-0.2, -0.15) is 0 Å². The van der Waals surface area contributed by atoms with Gasteiger partial charge in [0.05, 0.1) is 21.2 Å². The van der Waals surface area contributed by atoms with Crippen molar-refractivity contribution >= 4 is 46.9 Å². The number of hydrogen-bond donors (Lipinski definition) is 1. The molecule has 0 saturated carbocycles. The third-order valence-corrected chi connectivity index (χ3v) is 4.20. The van der Waals surface area contributed by atoms with E-state index >= 15 is 0 Å². The van der Waals surface area contributed by atoms with Crippen molar-refractivity contribution in [1.29, 1.82) is 0 Å². The molecule has 1 aromatic rings. The highest BCUT2D eigenvalue weighted by Crippen LogP contribution is 2.31. The van der Waals surface area contributed by atoms with Gasteiger partial charge in [-0.15, -0.1) is 0 Å². The van der Waals surface area contributed by atoms with E-state index in [1.54, 1.807) is 20.8 Å². The first kappa shape index (κ1) is 20.2. The van der Waals surface area contributed by atoms with Crippen LogP contribution >= 0.6 is 23.2 Å². The summed E-state index contributed by atoms with van der Waals surface area (Å²) in [4.78, 5) is 49.4. The molecule has 140 valence electrons. The molecule has 0 aliphatic carbocycles. The number of carbonyl (C=O) groups is 4.